The third-order valence-corrected chi connectivity index (χ3v) is 3.86. The lowest BCUT2D eigenvalue weighted by Crippen LogP contribution is -2.33. The summed E-state index contributed by atoms with van der Waals surface area (Å²) in [7, 11) is 0. The molecule has 1 fully saturated rings. The molecular weight excluding hydrogens is 198 g/mol. The molecule has 1 aromatic carbocycles. The Morgan fingerprint density at radius 2 is 2.25 bits per heavy atom. The maximum atomic E-state index is 12.0. The van der Waals surface area contributed by atoms with Crippen LogP contribution in [0.4, 0.5) is 0 Å². The van der Waals surface area contributed by atoms with Crippen LogP contribution in [0.5, 0.6) is 0 Å². The Balaban J connectivity index is 1.63. The zero-order valence-corrected chi connectivity index (χ0v) is 9.41. The first kappa shape index (κ1) is 10.0. The zero-order chi connectivity index (χ0) is 11.0. The minimum absolute atomic E-state index is 0.146. The van der Waals surface area contributed by atoms with E-state index >= 15 is 0 Å². The molecular formula is C14H17NO. The van der Waals surface area contributed by atoms with Gasteiger partial charge in [-0.25, -0.2) is 0 Å². The molecule has 1 aromatic rings. The first-order valence-electron chi connectivity index (χ1n) is 6.18. The summed E-state index contributed by atoms with van der Waals surface area (Å²) < 4.78 is 0. The van der Waals surface area contributed by atoms with Crippen LogP contribution in [0.2, 0.25) is 0 Å². The second-order valence-corrected chi connectivity index (χ2v) is 4.92. The van der Waals surface area contributed by atoms with Gasteiger partial charge >= 0.3 is 0 Å². The van der Waals surface area contributed by atoms with E-state index in [9.17, 15) is 4.79 Å². The fourth-order valence-electron chi connectivity index (χ4n) is 2.89. The maximum Gasteiger partial charge on any atom is 0.150 e. The predicted octanol–water partition coefficient (Wildman–Crippen LogP) is 2.04. The van der Waals surface area contributed by atoms with E-state index in [0.29, 0.717) is 11.7 Å². The number of carbonyl (C=O) groups excluding carboxylic acids is 1. The molecule has 2 atom stereocenters. The maximum absolute atomic E-state index is 12.0. The number of benzene rings is 1. The Bertz CT molecular complexity index is 407. The Hall–Kier alpha value is -1.15. The molecule has 2 aliphatic rings. The van der Waals surface area contributed by atoms with Crippen LogP contribution in [0.3, 0.4) is 0 Å². The highest BCUT2D eigenvalue weighted by molar-refractivity contribution is 5.85. The minimum Gasteiger partial charge on any atom is -0.307 e. The van der Waals surface area contributed by atoms with Gasteiger partial charge in [-0.05, 0) is 42.9 Å². The van der Waals surface area contributed by atoms with Gasteiger partial charge in [0.05, 0.1) is 6.04 Å². The van der Waals surface area contributed by atoms with Gasteiger partial charge in [0.25, 0.3) is 0 Å². The van der Waals surface area contributed by atoms with Crippen LogP contribution in [-0.2, 0) is 11.2 Å². The zero-order valence-electron chi connectivity index (χ0n) is 9.41. The molecule has 0 amide bonds. The molecule has 0 aromatic heterocycles. The molecule has 1 heterocycles. The van der Waals surface area contributed by atoms with Gasteiger partial charge in [-0.2, -0.15) is 0 Å². The molecule has 0 saturated carbocycles. The molecule has 0 bridgehead atoms. The molecule has 2 heteroatoms. The van der Waals surface area contributed by atoms with Crippen molar-refractivity contribution >= 4 is 5.78 Å². The van der Waals surface area contributed by atoms with Crippen LogP contribution in [0, 0.1) is 0 Å². The summed E-state index contributed by atoms with van der Waals surface area (Å²) in [5, 5.41) is 3.28. The van der Waals surface area contributed by atoms with Crippen molar-refractivity contribution in [3.05, 3.63) is 35.4 Å². The van der Waals surface area contributed by atoms with Gasteiger partial charge in [0.2, 0.25) is 0 Å². The topological polar surface area (TPSA) is 29.1 Å². The van der Waals surface area contributed by atoms with Crippen LogP contribution >= 0.6 is 0 Å². The first-order valence-corrected chi connectivity index (χ1v) is 6.18. The smallest absolute Gasteiger partial charge is 0.150 e. The Kier molecular flexibility index (Phi) is 2.52. The number of nitrogens with one attached hydrogen (secondary N) is 1. The van der Waals surface area contributed by atoms with Crippen molar-refractivity contribution in [3.8, 4) is 0 Å². The lowest BCUT2D eigenvalue weighted by molar-refractivity contribution is -0.121. The van der Waals surface area contributed by atoms with E-state index in [1.165, 1.54) is 11.1 Å². The molecule has 1 aliphatic heterocycles. The Morgan fingerprint density at radius 3 is 3.00 bits per heavy atom. The lowest BCUT2D eigenvalue weighted by atomic mass is 9.74. The average molecular weight is 215 g/mol. The van der Waals surface area contributed by atoms with Crippen molar-refractivity contribution in [2.75, 3.05) is 6.54 Å². The number of hydrogen-bond acceptors (Lipinski definition) is 2. The summed E-state index contributed by atoms with van der Waals surface area (Å²) >= 11 is 0. The fraction of sp³-hybridized carbons (Fsp3) is 0.500. The predicted molar refractivity (Wildman–Crippen MR) is 63.5 cm³/mol. The number of Topliss-reactive ketones (excluding diaryl/α,β-unsaturated/α-hetero) is 1. The minimum atomic E-state index is 0.146. The standard InChI is InChI=1S/C14H17NO/c16-14(13-6-3-7-15-13)9-11-8-10-4-1-2-5-12(10)11/h1-2,4-5,11,13,15H,3,6-9H2. The van der Waals surface area contributed by atoms with E-state index in [0.717, 1.165) is 32.2 Å². The molecule has 2 nitrogen and oxygen atoms in total. The van der Waals surface area contributed by atoms with Gasteiger partial charge in [-0.3, -0.25) is 4.79 Å². The summed E-state index contributed by atoms with van der Waals surface area (Å²) in [5.41, 5.74) is 2.83. The van der Waals surface area contributed by atoms with Crippen LogP contribution in [0.25, 0.3) is 0 Å². The molecule has 1 saturated heterocycles. The van der Waals surface area contributed by atoms with Crippen molar-refractivity contribution < 1.29 is 4.79 Å². The van der Waals surface area contributed by atoms with Crippen LogP contribution in [0.1, 0.15) is 36.3 Å². The van der Waals surface area contributed by atoms with Crippen molar-refractivity contribution in [2.24, 2.45) is 0 Å². The number of hydrogen-bond donors (Lipinski definition) is 1. The van der Waals surface area contributed by atoms with Gasteiger partial charge < -0.3 is 5.32 Å². The van der Waals surface area contributed by atoms with Crippen LogP contribution < -0.4 is 5.32 Å². The van der Waals surface area contributed by atoms with E-state index in [1.807, 2.05) is 0 Å². The molecule has 3 rings (SSSR count). The number of fused-ring (bicyclic) bond motifs is 1. The molecule has 84 valence electrons. The molecule has 0 spiro atoms. The summed E-state index contributed by atoms with van der Waals surface area (Å²) in [5.74, 6) is 0.906. The van der Waals surface area contributed by atoms with Crippen LogP contribution in [0.15, 0.2) is 24.3 Å². The van der Waals surface area contributed by atoms with Crippen LogP contribution in [-0.4, -0.2) is 18.4 Å². The quantitative estimate of drug-likeness (QED) is 0.836. The Morgan fingerprint density at radius 1 is 1.38 bits per heavy atom. The number of carbonyl (C=O) groups is 1. The normalized spacial score (nSPS) is 27.2. The second kappa shape index (κ2) is 4.02. The third kappa shape index (κ3) is 1.67. The molecule has 16 heavy (non-hydrogen) atoms. The average Bonchev–Trinajstić information content (AvgIpc) is 2.79. The number of rotatable bonds is 3. The van der Waals surface area contributed by atoms with Gasteiger partial charge in [0.15, 0.2) is 0 Å². The lowest BCUT2D eigenvalue weighted by Gasteiger charge is -2.30. The fourth-order valence-corrected chi connectivity index (χ4v) is 2.89. The van der Waals surface area contributed by atoms with E-state index in [1.54, 1.807) is 0 Å². The van der Waals surface area contributed by atoms with E-state index in [2.05, 4.69) is 29.6 Å². The highest BCUT2D eigenvalue weighted by Gasteiger charge is 2.30. The summed E-state index contributed by atoms with van der Waals surface area (Å²) in [6, 6.07) is 8.63. The van der Waals surface area contributed by atoms with Crippen molar-refractivity contribution in [2.45, 2.75) is 37.6 Å². The Labute approximate surface area is 96.1 Å². The van der Waals surface area contributed by atoms with Crippen molar-refractivity contribution in [1.82, 2.24) is 5.32 Å². The van der Waals surface area contributed by atoms with Crippen molar-refractivity contribution in [1.29, 1.82) is 0 Å². The van der Waals surface area contributed by atoms with Crippen molar-refractivity contribution in [3.63, 3.8) is 0 Å². The van der Waals surface area contributed by atoms with Gasteiger partial charge in [0, 0.05) is 6.42 Å². The van der Waals surface area contributed by atoms with Gasteiger partial charge in [-0.15, -0.1) is 0 Å². The van der Waals surface area contributed by atoms with E-state index < -0.39 is 0 Å². The monoisotopic (exact) mass is 215 g/mol. The molecule has 0 radical (unpaired) electrons. The summed E-state index contributed by atoms with van der Waals surface area (Å²) in [6.07, 6.45) is 4.01. The first-order chi connectivity index (χ1) is 7.84. The SMILES string of the molecule is O=C(CC1Cc2ccccc21)C1CCCN1. The molecule has 1 N–H and O–H groups in total. The van der Waals surface area contributed by atoms with E-state index in [-0.39, 0.29) is 6.04 Å². The van der Waals surface area contributed by atoms with Gasteiger partial charge in [-0.1, -0.05) is 24.3 Å². The highest BCUT2D eigenvalue weighted by atomic mass is 16.1. The van der Waals surface area contributed by atoms with E-state index in [4.69, 9.17) is 0 Å². The summed E-state index contributed by atoms with van der Waals surface area (Å²) in [6.45, 7) is 1.01. The summed E-state index contributed by atoms with van der Waals surface area (Å²) in [4.78, 5) is 12.0. The second-order valence-electron chi connectivity index (χ2n) is 4.92. The largest absolute Gasteiger partial charge is 0.307 e. The number of ketones is 1. The molecule has 1 aliphatic carbocycles. The third-order valence-electron chi connectivity index (χ3n) is 3.86. The molecule has 2 unspecified atom stereocenters. The highest BCUT2D eigenvalue weighted by Crippen LogP contribution is 2.37. The van der Waals surface area contributed by atoms with Gasteiger partial charge in [0.1, 0.15) is 5.78 Å².